The molecule has 1 saturated carbocycles. The summed E-state index contributed by atoms with van der Waals surface area (Å²) in [5.74, 6) is 0.413. The first-order valence-electron chi connectivity index (χ1n) is 10.5. The van der Waals surface area contributed by atoms with Crippen molar-refractivity contribution in [2.45, 2.75) is 38.3 Å². The summed E-state index contributed by atoms with van der Waals surface area (Å²) < 4.78 is 38.5. The van der Waals surface area contributed by atoms with Gasteiger partial charge < -0.3 is 10.6 Å². The monoisotopic (exact) mass is 427 g/mol. The van der Waals surface area contributed by atoms with Crippen LogP contribution in [0.4, 0.5) is 24.5 Å². The number of benzene rings is 2. The summed E-state index contributed by atoms with van der Waals surface area (Å²) in [6.07, 6.45) is 3.43. The van der Waals surface area contributed by atoms with E-state index in [0.717, 1.165) is 24.4 Å². The molecule has 1 aliphatic carbocycles. The molecule has 1 heterocycles. The van der Waals surface area contributed by atoms with Gasteiger partial charge in [-0.2, -0.15) is 13.2 Å². The number of hydrogen-bond donors (Lipinski definition) is 2. The Balaban J connectivity index is 1.38. The number of amides is 1. The van der Waals surface area contributed by atoms with Crippen LogP contribution in [0.3, 0.4) is 0 Å². The molecule has 31 heavy (non-hydrogen) atoms. The Labute approximate surface area is 178 Å². The van der Waals surface area contributed by atoms with Crippen molar-refractivity contribution >= 4 is 28.2 Å². The highest BCUT2D eigenvalue weighted by Gasteiger charge is 2.30. The van der Waals surface area contributed by atoms with Gasteiger partial charge in [0.05, 0.1) is 23.0 Å². The zero-order valence-corrected chi connectivity index (χ0v) is 17.0. The smallest absolute Gasteiger partial charge is 0.385 e. The van der Waals surface area contributed by atoms with Crippen LogP contribution in [0.5, 0.6) is 0 Å². The normalized spacial score (nSPS) is 15.1. The van der Waals surface area contributed by atoms with Crippen LogP contribution < -0.4 is 10.6 Å². The fourth-order valence-corrected chi connectivity index (χ4v) is 3.96. The zero-order chi connectivity index (χ0) is 21.8. The standard InChI is InChI=1S/C24H24F3N3O/c25-24(26,27)19-9-6-18-12-21(15-29-22(18)13-19)30-23(31)17-7-10-20(11-8-17)28-14-16-4-2-1-3-5-16/h6-13,15-16,28H,1-5,14H2,(H,30,31). The van der Waals surface area contributed by atoms with E-state index in [-0.39, 0.29) is 11.4 Å². The number of hydrogen-bond acceptors (Lipinski definition) is 3. The zero-order valence-electron chi connectivity index (χ0n) is 17.0. The van der Waals surface area contributed by atoms with Gasteiger partial charge >= 0.3 is 6.18 Å². The lowest BCUT2D eigenvalue weighted by Crippen LogP contribution is -2.17. The largest absolute Gasteiger partial charge is 0.416 e. The number of nitrogens with one attached hydrogen (secondary N) is 2. The van der Waals surface area contributed by atoms with E-state index < -0.39 is 11.7 Å². The quantitative estimate of drug-likeness (QED) is 0.489. The maximum absolute atomic E-state index is 12.8. The van der Waals surface area contributed by atoms with Gasteiger partial charge in [0.25, 0.3) is 5.91 Å². The van der Waals surface area contributed by atoms with E-state index in [1.165, 1.54) is 44.4 Å². The van der Waals surface area contributed by atoms with Crippen molar-refractivity contribution in [1.82, 2.24) is 4.98 Å². The third kappa shape index (κ3) is 5.34. The Kier molecular flexibility index (Phi) is 6.11. The van der Waals surface area contributed by atoms with Gasteiger partial charge in [0.1, 0.15) is 0 Å². The summed E-state index contributed by atoms with van der Waals surface area (Å²) in [5.41, 5.74) is 1.38. The first-order valence-corrected chi connectivity index (χ1v) is 10.5. The van der Waals surface area contributed by atoms with E-state index in [4.69, 9.17) is 0 Å². The molecule has 1 aromatic heterocycles. The van der Waals surface area contributed by atoms with E-state index in [1.54, 1.807) is 18.2 Å². The summed E-state index contributed by atoms with van der Waals surface area (Å²) >= 11 is 0. The van der Waals surface area contributed by atoms with E-state index in [9.17, 15) is 18.0 Å². The first-order chi connectivity index (χ1) is 14.9. The Morgan fingerprint density at radius 1 is 0.968 bits per heavy atom. The van der Waals surface area contributed by atoms with E-state index in [0.29, 0.717) is 22.6 Å². The number of carbonyl (C=O) groups excluding carboxylic acids is 1. The SMILES string of the molecule is O=C(Nc1cnc2cc(C(F)(F)F)ccc2c1)c1ccc(NCC2CCCCC2)cc1. The van der Waals surface area contributed by atoms with E-state index >= 15 is 0 Å². The summed E-state index contributed by atoms with van der Waals surface area (Å²) in [6, 6.07) is 12.2. The van der Waals surface area contributed by atoms with Crippen LogP contribution in [-0.4, -0.2) is 17.4 Å². The number of rotatable bonds is 5. The van der Waals surface area contributed by atoms with Gasteiger partial charge in [-0.05, 0) is 61.2 Å². The molecule has 4 rings (SSSR count). The number of pyridine rings is 1. The summed E-state index contributed by atoms with van der Waals surface area (Å²) in [4.78, 5) is 16.6. The third-order valence-electron chi connectivity index (χ3n) is 5.74. The number of carbonyl (C=O) groups is 1. The summed E-state index contributed by atoms with van der Waals surface area (Å²) in [5, 5.41) is 6.72. The maximum atomic E-state index is 12.8. The van der Waals surface area contributed by atoms with Crippen molar-refractivity contribution in [3.8, 4) is 0 Å². The molecule has 0 spiro atoms. The molecule has 0 radical (unpaired) electrons. The molecule has 0 atom stereocenters. The van der Waals surface area contributed by atoms with Gasteiger partial charge in [-0.1, -0.05) is 25.3 Å². The highest BCUT2D eigenvalue weighted by molar-refractivity contribution is 6.05. The van der Waals surface area contributed by atoms with Crippen LogP contribution in [0.15, 0.2) is 54.7 Å². The van der Waals surface area contributed by atoms with Gasteiger partial charge in [0.2, 0.25) is 0 Å². The number of nitrogens with zero attached hydrogens (tertiary/aromatic N) is 1. The van der Waals surface area contributed by atoms with Crippen LogP contribution >= 0.6 is 0 Å². The minimum absolute atomic E-state index is 0.223. The number of fused-ring (bicyclic) bond motifs is 1. The minimum atomic E-state index is -4.42. The number of alkyl halides is 3. The van der Waals surface area contributed by atoms with Crippen molar-refractivity contribution in [3.63, 3.8) is 0 Å². The van der Waals surface area contributed by atoms with Crippen molar-refractivity contribution in [1.29, 1.82) is 0 Å². The van der Waals surface area contributed by atoms with Gasteiger partial charge in [-0.3, -0.25) is 9.78 Å². The fraction of sp³-hybridized carbons (Fsp3) is 0.333. The van der Waals surface area contributed by atoms with Gasteiger partial charge in [-0.25, -0.2) is 0 Å². The second-order valence-corrected chi connectivity index (χ2v) is 8.05. The molecule has 0 saturated heterocycles. The lowest BCUT2D eigenvalue weighted by molar-refractivity contribution is -0.137. The summed E-state index contributed by atoms with van der Waals surface area (Å²) in [6.45, 7) is 0.949. The topological polar surface area (TPSA) is 54.0 Å². The van der Waals surface area contributed by atoms with E-state index in [2.05, 4.69) is 15.6 Å². The van der Waals surface area contributed by atoms with Crippen molar-refractivity contribution < 1.29 is 18.0 Å². The van der Waals surface area contributed by atoms with Crippen LogP contribution in [0.1, 0.15) is 48.0 Å². The predicted octanol–water partition coefficient (Wildman–Crippen LogP) is 6.50. The summed E-state index contributed by atoms with van der Waals surface area (Å²) in [7, 11) is 0. The number of halogens is 3. The highest BCUT2D eigenvalue weighted by atomic mass is 19.4. The molecule has 2 aromatic carbocycles. The van der Waals surface area contributed by atoms with Crippen LogP contribution in [-0.2, 0) is 6.18 Å². The van der Waals surface area contributed by atoms with Crippen molar-refractivity contribution in [2.75, 3.05) is 17.2 Å². The molecule has 2 N–H and O–H groups in total. The van der Waals surface area contributed by atoms with Crippen LogP contribution in [0.25, 0.3) is 10.9 Å². The molecule has 7 heteroatoms. The fourth-order valence-electron chi connectivity index (χ4n) is 3.96. The van der Waals surface area contributed by atoms with E-state index in [1.807, 2.05) is 12.1 Å². The predicted molar refractivity (Wildman–Crippen MR) is 116 cm³/mol. The Hall–Kier alpha value is -3.09. The lowest BCUT2D eigenvalue weighted by Gasteiger charge is -2.22. The number of aromatic nitrogens is 1. The maximum Gasteiger partial charge on any atom is 0.416 e. The second kappa shape index (κ2) is 8.96. The molecule has 0 aliphatic heterocycles. The lowest BCUT2D eigenvalue weighted by atomic mass is 9.89. The average Bonchev–Trinajstić information content (AvgIpc) is 2.77. The van der Waals surface area contributed by atoms with Crippen LogP contribution in [0.2, 0.25) is 0 Å². The highest BCUT2D eigenvalue weighted by Crippen LogP contribution is 2.31. The van der Waals surface area contributed by atoms with Gasteiger partial charge in [0.15, 0.2) is 0 Å². The molecule has 0 unspecified atom stereocenters. The molecule has 1 fully saturated rings. The first kappa shape index (κ1) is 21.2. The minimum Gasteiger partial charge on any atom is -0.385 e. The third-order valence-corrected chi connectivity index (χ3v) is 5.74. The molecule has 0 bridgehead atoms. The Bertz CT molecular complexity index is 1060. The molecule has 1 aliphatic rings. The second-order valence-electron chi connectivity index (χ2n) is 8.05. The molecular formula is C24H24F3N3O. The van der Waals surface area contributed by atoms with Gasteiger partial charge in [-0.15, -0.1) is 0 Å². The molecular weight excluding hydrogens is 403 g/mol. The molecule has 1 amide bonds. The number of anilines is 2. The molecule has 162 valence electrons. The Morgan fingerprint density at radius 2 is 1.71 bits per heavy atom. The average molecular weight is 427 g/mol. The Morgan fingerprint density at radius 3 is 2.42 bits per heavy atom. The van der Waals surface area contributed by atoms with Crippen molar-refractivity contribution in [3.05, 3.63) is 65.9 Å². The molecule has 4 nitrogen and oxygen atoms in total. The molecule has 3 aromatic rings. The van der Waals surface area contributed by atoms with Gasteiger partial charge in [0, 0.05) is 23.2 Å². The van der Waals surface area contributed by atoms with Crippen LogP contribution in [0, 0.1) is 5.92 Å². The van der Waals surface area contributed by atoms with Crippen molar-refractivity contribution in [2.24, 2.45) is 5.92 Å².